The third-order valence-corrected chi connectivity index (χ3v) is 8.04. The first-order valence-electron chi connectivity index (χ1n) is 8.82. The van der Waals surface area contributed by atoms with Crippen LogP contribution in [-0.4, -0.2) is 46.8 Å². The molecule has 0 aliphatic carbocycles. The molecule has 1 heterocycles. The standard InChI is InChI=1S/C19H22N2O5S2/c1-15-6-5-9-18(12-15)28(25,26)21(17-7-3-2-4-8-17)13-19(22)20-16-10-11-27(23,24)14-16/h2-9,12,16H,10-11,13-14H2,1H3,(H,20,22). The maximum absolute atomic E-state index is 13.2. The number of sulfone groups is 1. The fourth-order valence-electron chi connectivity index (χ4n) is 3.12. The first-order chi connectivity index (χ1) is 13.2. The Labute approximate surface area is 165 Å². The molecule has 1 unspecified atom stereocenters. The fraction of sp³-hybridized carbons (Fsp3) is 0.316. The molecule has 3 rings (SSSR count). The van der Waals surface area contributed by atoms with E-state index in [-0.39, 0.29) is 16.4 Å². The molecule has 2 aromatic carbocycles. The number of hydrogen-bond acceptors (Lipinski definition) is 5. The highest BCUT2D eigenvalue weighted by molar-refractivity contribution is 7.93. The summed E-state index contributed by atoms with van der Waals surface area (Å²) in [7, 11) is -7.12. The lowest BCUT2D eigenvalue weighted by Gasteiger charge is -2.25. The highest BCUT2D eigenvalue weighted by atomic mass is 32.2. The van der Waals surface area contributed by atoms with Gasteiger partial charge >= 0.3 is 0 Å². The van der Waals surface area contributed by atoms with Crippen LogP contribution >= 0.6 is 0 Å². The molecule has 0 bridgehead atoms. The van der Waals surface area contributed by atoms with Crippen molar-refractivity contribution in [1.82, 2.24) is 5.32 Å². The van der Waals surface area contributed by atoms with Crippen molar-refractivity contribution in [3.05, 3.63) is 60.2 Å². The van der Waals surface area contributed by atoms with E-state index in [2.05, 4.69) is 5.32 Å². The van der Waals surface area contributed by atoms with E-state index in [4.69, 9.17) is 0 Å². The Morgan fingerprint density at radius 3 is 2.46 bits per heavy atom. The predicted molar refractivity (Wildman–Crippen MR) is 107 cm³/mol. The number of carbonyl (C=O) groups excluding carboxylic acids is 1. The molecule has 1 amide bonds. The van der Waals surface area contributed by atoms with E-state index in [0.29, 0.717) is 12.1 Å². The Balaban J connectivity index is 1.87. The summed E-state index contributed by atoms with van der Waals surface area (Å²) < 4.78 is 50.6. The number of para-hydroxylation sites is 1. The summed E-state index contributed by atoms with van der Waals surface area (Å²) in [6, 6.07) is 14.3. The van der Waals surface area contributed by atoms with Crippen LogP contribution in [0.2, 0.25) is 0 Å². The Morgan fingerprint density at radius 2 is 1.86 bits per heavy atom. The van der Waals surface area contributed by atoms with Crippen molar-refractivity contribution in [2.24, 2.45) is 0 Å². The van der Waals surface area contributed by atoms with Gasteiger partial charge in [-0.15, -0.1) is 0 Å². The van der Waals surface area contributed by atoms with Crippen molar-refractivity contribution >= 4 is 31.5 Å². The molecule has 1 aliphatic heterocycles. The minimum absolute atomic E-state index is 0.0297. The Bertz CT molecular complexity index is 1070. The molecule has 1 fully saturated rings. The molecule has 150 valence electrons. The van der Waals surface area contributed by atoms with E-state index in [1.165, 1.54) is 6.07 Å². The van der Waals surface area contributed by atoms with Crippen LogP contribution < -0.4 is 9.62 Å². The van der Waals surface area contributed by atoms with Crippen LogP contribution in [0.15, 0.2) is 59.5 Å². The molecule has 0 spiro atoms. The van der Waals surface area contributed by atoms with E-state index < -0.39 is 38.4 Å². The average Bonchev–Trinajstić information content (AvgIpc) is 2.98. The molecular weight excluding hydrogens is 400 g/mol. The van der Waals surface area contributed by atoms with E-state index in [1.54, 1.807) is 55.5 Å². The van der Waals surface area contributed by atoms with E-state index in [1.807, 2.05) is 0 Å². The summed E-state index contributed by atoms with van der Waals surface area (Å²) in [6.07, 6.45) is 0.337. The van der Waals surface area contributed by atoms with Gasteiger partial charge < -0.3 is 5.32 Å². The van der Waals surface area contributed by atoms with Crippen LogP contribution in [0.25, 0.3) is 0 Å². The van der Waals surface area contributed by atoms with Gasteiger partial charge in [0.2, 0.25) is 5.91 Å². The van der Waals surface area contributed by atoms with Gasteiger partial charge in [-0.05, 0) is 43.2 Å². The van der Waals surface area contributed by atoms with Crippen molar-refractivity contribution in [2.75, 3.05) is 22.4 Å². The molecule has 0 aromatic heterocycles. The topological polar surface area (TPSA) is 101 Å². The van der Waals surface area contributed by atoms with Gasteiger partial charge in [-0.25, -0.2) is 16.8 Å². The van der Waals surface area contributed by atoms with Gasteiger partial charge in [0, 0.05) is 6.04 Å². The lowest BCUT2D eigenvalue weighted by molar-refractivity contribution is -0.120. The highest BCUT2D eigenvalue weighted by Gasteiger charge is 2.31. The van der Waals surface area contributed by atoms with E-state index in [0.717, 1.165) is 9.87 Å². The molecule has 1 atom stereocenters. The Morgan fingerprint density at radius 1 is 1.14 bits per heavy atom. The number of amides is 1. The Kier molecular flexibility index (Phi) is 5.76. The number of nitrogens with zero attached hydrogens (tertiary/aromatic N) is 1. The van der Waals surface area contributed by atoms with Gasteiger partial charge in [0.05, 0.1) is 22.1 Å². The maximum Gasteiger partial charge on any atom is 0.264 e. The lowest BCUT2D eigenvalue weighted by Crippen LogP contribution is -2.44. The summed E-state index contributed by atoms with van der Waals surface area (Å²) in [4.78, 5) is 12.6. The number of sulfonamides is 1. The zero-order valence-corrected chi connectivity index (χ0v) is 17.0. The van der Waals surface area contributed by atoms with Gasteiger partial charge in [-0.3, -0.25) is 9.10 Å². The molecular formula is C19H22N2O5S2. The monoisotopic (exact) mass is 422 g/mol. The number of hydrogen-bond donors (Lipinski definition) is 1. The maximum atomic E-state index is 13.2. The average molecular weight is 423 g/mol. The highest BCUT2D eigenvalue weighted by Crippen LogP contribution is 2.24. The minimum atomic E-state index is -3.97. The molecule has 28 heavy (non-hydrogen) atoms. The molecule has 1 aliphatic rings. The first-order valence-corrected chi connectivity index (χ1v) is 12.1. The van der Waals surface area contributed by atoms with Crippen molar-refractivity contribution in [2.45, 2.75) is 24.3 Å². The first kappa shape index (κ1) is 20.3. The van der Waals surface area contributed by atoms with Crippen LogP contribution in [0.4, 0.5) is 5.69 Å². The van der Waals surface area contributed by atoms with Crippen molar-refractivity contribution < 1.29 is 21.6 Å². The van der Waals surface area contributed by atoms with E-state index >= 15 is 0 Å². The summed E-state index contributed by atoms with van der Waals surface area (Å²) in [5, 5.41) is 2.65. The molecule has 9 heteroatoms. The van der Waals surface area contributed by atoms with E-state index in [9.17, 15) is 21.6 Å². The number of nitrogens with one attached hydrogen (secondary N) is 1. The second kappa shape index (κ2) is 7.92. The summed E-state index contributed by atoms with van der Waals surface area (Å²) in [5.41, 5.74) is 1.15. The molecule has 0 radical (unpaired) electrons. The van der Waals surface area contributed by atoms with Crippen LogP contribution in [0.3, 0.4) is 0 Å². The number of rotatable bonds is 6. The number of aryl methyl sites for hydroxylation is 1. The third kappa shape index (κ3) is 4.71. The van der Waals surface area contributed by atoms with Gasteiger partial charge in [0.25, 0.3) is 10.0 Å². The largest absolute Gasteiger partial charge is 0.351 e. The van der Waals surface area contributed by atoms with Crippen molar-refractivity contribution in [3.63, 3.8) is 0 Å². The lowest BCUT2D eigenvalue weighted by atomic mass is 10.2. The second-order valence-electron chi connectivity index (χ2n) is 6.83. The van der Waals surface area contributed by atoms with Crippen LogP contribution in [-0.2, 0) is 24.7 Å². The van der Waals surface area contributed by atoms with Gasteiger partial charge in [-0.2, -0.15) is 0 Å². The minimum Gasteiger partial charge on any atom is -0.351 e. The normalized spacial score (nSPS) is 18.5. The third-order valence-electron chi connectivity index (χ3n) is 4.51. The number of carbonyl (C=O) groups is 1. The quantitative estimate of drug-likeness (QED) is 0.760. The molecule has 2 aromatic rings. The summed E-state index contributed by atoms with van der Waals surface area (Å²) >= 11 is 0. The smallest absolute Gasteiger partial charge is 0.264 e. The summed E-state index contributed by atoms with van der Waals surface area (Å²) in [6.45, 7) is 1.36. The van der Waals surface area contributed by atoms with Crippen LogP contribution in [0, 0.1) is 6.92 Å². The molecule has 1 saturated heterocycles. The molecule has 7 nitrogen and oxygen atoms in total. The zero-order chi connectivity index (χ0) is 20.4. The molecule has 0 saturated carbocycles. The van der Waals surface area contributed by atoms with Crippen LogP contribution in [0.1, 0.15) is 12.0 Å². The SMILES string of the molecule is Cc1cccc(S(=O)(=O)N(CC(=O)NC2CCS(=O)(=O)C2)c2ccccc2)c1. The summed E-state index contributed by atoms with van der Waals surface area (Å²) in [5.74, 6) is -0.626. The number of benzene rings is 2. The van der Waals surface area contributed by atoms with Crippen LogP contribution in [0.5, 0.6) is 0 Å². The van der Waals surface area contributed by atoms with Gasteiger partial charge in [-0.1, -0.05) is 30.3 Å². The molecule has 1 N–H and O–H groups in total. The second-order valence-corrected chi connectivity index (χ2v) is 10.9. The van der Waals surface area contributed by atoms with Crippen molar-refractivity contribution in [1.29, 1.82) is 0 Å². The zero-order valence-electron chi connectivity index (χ0n) is 15.4. The van der Waals surface area contributed by atoms with Gasteiger partial charge in [0.15, 0.2) is 9.84 Å². The van der Waals surface area contributed by atoms with Crippen molar-refractivity contribution in [3.8, 4) is 0 Å². The number of anilines is 1. The van der Waals surface area contributed by atoms with Gasteiger partial charge in [0.1, 0.15) is 6.54 Å². The fourth-order valence-corrected chi connectivity index (χ4v) is 6.32. The Hall–Kier alpha value is -2.39. The predicted octanol–water partition coefficient (Wildman–Crippen LogP) is 1.49.